The fourth-order valence-corrected chi connectivity index (χ4v) is 2.39. The van der Waals surface area contributed by atoms with Crippen LogP contribution in [0.2, 0.25) is 0 Å². The zero-order valence-corrected chi connectivity index (χ0v) is 10.5. The summed E-state index contributed by atoms with van der Waals surface area (Å²) < 4.78 is 0. The maximum Gasteiger partial charge on any atom is 0.133 e. The van der Waals surface area contributed by atoms with Crippen molar-refractivity contribution in [2.45, 2.75) is 19.9 Å². The maximum atomic E-state index is 4.40. The van der Waals surface area contributed by atoms with E-state index < -0.39 is 0 Å². The van der Waals surface area contributed by atoms with Gasteiger partial charge in [0, 0.05) is 18.4 Å². The highest BCUT2D eigenvalue weighted by atomic mass is 15.0. The van der Waals surface area contributed by atoms with E-state index in [2.05, 4.69) is 46.8 Å². The summed E-state index contributed by atoms with van der Waals surface area (Å²) >= 11 is 0. The van der Waals surface area contributed by atoms with Gasteiger partial charge in [0.25, 0.3) is 0 Å². The highest BCUT2D eigenvalue weighted by Crippen LogP contribution is 2.26. The van der Waals surface area contributed by atoms with E-state index in [-0.39, 0.29) is 0 Å². The molecule has 3 rings (SSSR count). The molecule has 3 heteroatoms. The average Bonchev–Trinajstić information content (AvgIpc) is 2.42. The summed E-state index contributed by atoms with van der Waals surface area (Å²) in [4.78, 5) is 4.40. The number of aryl methyl sites for hydroxylation is 1. The molecule has 0 aliphatic carbocycles. The number of anilines is 2. The van der Waals surface area contributed by atoms with E-state index in [9.17, 15) is 0 Å². The fraction of sp³-hybridized carbons (Fsp3) is 0.267. The van der Waals surface area contributed by atoms with Gasteiger partial charge in [0.1, 0.15) is 5.82 Å². The molecule has 0 atom stereocenters. The zero-order valence-electron chi connectivity index (χ0n) is 10.5. The van der Waals surface area contributed by atoms with Gasteiger partial charge in [0.05, 0.1) is 0 Å². The molecule has 0 saturated heterocycles. The third kappa shape index (κ3) is 2.09. The molecule has 0 fully saturated rings. The minimum absolute atomic E-state index is 0.949. The van der Waals surface area contributed by atoms with Crippen LogP contribution in [0.25, 0.3) is 0 Å². The minimum atomic E-state index is 0.949. The molecule has 2 aromatic rings. The van der Waals surface area contributed by atoms with Crippen molar-refractivity contribution in [3.8, 4) is 0 Å². The van der Waals surface area contributed by atoms with Crippen molar-refractivity contribution in [3.63, 3.8) is 0 Å². The molecular formula is C15H17N3. The van der Waals surface area contributed by atoms with E-state index in [4.69, 9.17) is 0 Å². The highest BCUT2D eigenvalue weighted by Gasteiger charge is 2.12. The van der Waals surface area contributed by atoms with Crippen LogP contribution in [0.15, 0.2) is 36.5 Å². The fourth-order valence-electron chi connectivity index (χ4n) is 2.39. The van der Waals surface area contributed by atoms with Crippen LogP contribution < -0.4 is 10.6 Å². The third-order valence-corrected chi connectivity index (χ3v) is 3.40. The molecule has 2 heterocycles. The van der Waals surface area contributed by atoms with Crippen molar-refractivity contribution < 1.29 is 0 Å². The second-order valence-corrected chi connectivity index (χ2v) is 4.66. The molecule has 2 N–H and O–H groups in total. The van der Waals surface area contributed by atoms with Crippen molar-refractivity contribution in [1.82, 2.24) is 10.3 Å². The summed E-state index contributed by atoms with van der Waals surface area (Å²) in [5, 5.41) is 6.86. The lowest BCUT2D eigenvalue weighted by molar-refractivity contribution is 0.645. The Kier molecular flexibility index (Phi) is 2.99. The first-order chi connectivity index (χ1) is 8.84. The molecule has 0 spiro atoms. The van der Waals surface area contributed by atoms with E-state index in [1.807, 2.05) is 12.3 Å². The quantitative estimate of drug-likeness (QED) is 0.846. The van der Waals surface area contributed by atoms with Crippen molar-refractivity contribution >= 4 is 11.5 Å². The van der Waals surface area contributed by atoms with Gasteiger partial charge in [-0.15, -0.1) is 0 Å². The Morgan fingerprint density at radius 2 is 2.17 bits per heavy atom. The Bertz CT molecular complexity index is 563. The van der Waals surface area contributed by atoms with Crippen LogP contribution in [0.3, 0.4) is 0 Å². The molecule has 0 bridgehead atoms. The van der Waals surface area contributed by atoms with Gasteiger partial charge in [-0.3, -0.25) is 0 Å². The molecule has 1 aliphatic heterocycles. The van der Waals surface area contributed by atoms with Gasteiger partial charge in [0.2, 0.25) is 0 Å². The molecule has 3 nitrogen and oxygen atoms in total. The number of nitrogens with one attached hydrogen (secondary N) is 2. The number of fused-ring (bicyclic) bond motifs is 1. The monoisotopic (exact) mass is 239 g/mol. The number of benzene rings is 1. The Labute approximate surface area is 107 Å². The number of hydrogen-bond acceptors (Lipinski definition) is 3. The van der Waals surface area contributed by atoms with Gasteiger partial charge in [-0.2, -0.15) is 0 Å². The first-order valence-electron chi connectivity index (χ1n) is 6.35. The molecule has 1 aromatic heterocycles. The molecule has 1 aromatic carbocycles. The molecule has 1 aliphatic rings. The SMILES string of the molecule is Cc1cccnc1Nc1cccc2c1CCNC2. The molecule has 0 radical (unpaired) electrons. The zero-order chi connectivity index (χ0) is 12.4. The van der Waals surface area contributed by atoms with Gasteiger partial charge in [-0.05, 0) is 48.7 Å². The van der Waals surface area contributed by atoms with Gasteiger partial charge in [-0.1, -0.05) is 18.2 Å². The Morgan fingerprint density at radius 3 is 3.06 bits per heavy atom. The van der Waals surface area contributed by atoms with E-state index in [0.717, 1.165) is 25.3 Å². The summed E-state index contributed by atoms with van der Waals surface area (Å²) in [6, 6.07) is 10.5. The summed E-state index contributed by atoms with van der Waals surface area (Å²) in [7, 11) is 0. The normalized spacial score (nSPS) is 14.1. The summed E-state index contributed by atoms with van der Waals surface area (Å²) in [5.41, 5.74) is 5.17. The molecule has 18 heavy (non-hydrogen) atoms. The van der Waals surface area contributed by atoms with Crippen molar-refractivity contribution in [3.05, 3.63) is 53.2 Å². The molecular weight excluding hydrogens is 222 g/mol. The smallest absolute Gasteiger partial charge is 0.133 e. The largest absolute Gasteiger partial charge is 0.340 e. The van der Waals surface area contributed by atoms with Crippen molar-refractivity contribution in [2.75, 3.05) is 11.9 Å². The van der Waals surface area contributed by atoms with Crippen LogP contribution in [0.4, 0.5) is 11.5 Å². The van der Waals surface area contributed by atoms with E-state index in [0.29, 0.717) is 0 Å². The first kappa shape index (κ1) is 11.2. The van der Waals surface area contributed by atoms with Crippen molar-refractivity contribution in [2.24, 2.45) is 0 Å². The topological polar surface area (TPSA) is 37.0 Å². The molecule has 92 valence electrons. The summed E-state index contributed by atoms with van der Waals surface area (Å²) in [6.07, 6.45) is 2.90. The lowest BCUT2D eigenvalue weighted by Gasteiger charge is -2.21. The standard InChI is InChI=1S/C15H17N3/c1-11-4-3-8-17-15(11)18-14-6-2-5-12-10-16-9-7-13(12)14/h2-6,8,16H,7,9-10H2,1H3,(H,17,18). The predicted molar refractivity (Wildman–Crippen MR) is 74.1 cm³/mol. The van der Waals surface area contributed by atoms with Crippen LogP contribution in [-0.2, 0) is 13.0 Å². The number of aromatic nitrogens is 1. The van der Waals surface area contributed by atoms with Crippen LogP contribution >= 0.6 is 0 Å². The molecule has 0 unspecified atom stereocenters. The summed E-state index contributed by atoms with van der Waals surface area (Å²) in [5.74, 6) is 0.949. The minimum Gasteiger partial charge on any atom is -0.340 e. The third-order valence-electron chi connectivity index (χ3n) is 3.40. The second-order valence-electron chi connectivity index (χ2n) is 4.66. The van der Waals surface area contributed by atoms with Crippen LogP contribution in [0.5, 0.6) is 0 Å². The highest BCUT2D eigenvalue weighted by molar-refractivity contribution is 5.64. The van der Waals surface area contributed by atoms with Gasteiger partial charge in [-0.25, -0.2) is 4.98 Å². The lowest BCUT2D eigenvalue weighted by Crippen LogP contribution is -2.24. The van der Waals surface area contributed by atoms with Crippen LogP contribution in [-0.4, -0.2) is 11.5 Å². The van der Waals surface area contributed by atoms with Gasteiger partial charge < -0.3 is 10.6 Å². The van der Waals surface area contributed by atoms with E-state index in [1.165, 1.54) is 22.4 Å². The first-order valence-corrected chi connectivity index (χ1v) is 6.35. The number of rotatable bonds is 2. The summed E-state index contributed by atoms with van der Waals surface area (Å²) in [6.45, 7) is 4.09. The van der Waals surface area contributed by atoms with Crippen molar-refractivity contribution in [1.29, 1.82) is 0 Å². The molecule has 0 amide bonds. The predicted octanol–water partition coefficient (Wildman–Crippen LogP) is 2.78. The Hall–Kier alpha value is -1.87. The number of nitrogens with zero attached hydrogens (tertiary/aromatic N) is 1. The number of pyridine rings is 1. The number of hydrogen-bond donors (Lipinski definition) is 2. The second kappa shape index (κ2) is 4.78. The maximum absolute atomic E-state index is 4.40. The van der Waals surface area contributed by atoms with Crippen LogP contribution in [0, 0.1) is 6.92 Å². The van der Waals surface area contributed by atoms with E-state index in [1.54, 1.807) is 0 Å². The van der Waals surface area contributed by atoms with E-state index >= 15 is 0 Å². The Morgan fingerprint density at radius 1 is 1.22 bits per heavy atom. The van der Waals surface area contributed by atoms with Crippen LogP contribution in [0.1, 0.15) is 16.7 Å². The Balaban J connectivity index is 1.96. The average molecular weight is 239 g/mol. The van der Waals surface area contributed by atoms with Gasteiger partial charge in [0.15, 0.2) is 0 Å². The van der Waals surface area contributed by atoms with Gasteiger partial charge >= 0.3 is 0 Å². The molecule has 0 saturated carbocycles. The lowest BCUT2D eigenvalue weighted by atomic mass is 9.99.